The maximum atomic E-state index is 13.4. The minimum Gasteiger partial charge on any atom is -0.480 e. The molecule has 1 saturated heterocycles. The second-order valence-electron chi connectivity index (χ2n) is 8.59. The number of carboxylic acid groups (broad SMARTS) is 1. The predicted molar refractivity (Wildman–Crippen MR) is 124 cm³/mol. The number of carbonyl (C=O) groups is 4. The van der Waals surface area contributed by atoms with E-state index in [9.17, 15) is 24.3 Å². The summed E-state index contributed by atoms with van der Waals surface area (Å²) in [6, 6.07) is 14.4. The number of benzene rings is 2. The highest BCUT2D eigenvalue weighted by atomic mass is 16.5. The van der Waals surface area contributed by atoms with E-state index in [-0.39, 0.29) is 32.0 Å². The van der Waals surface area contributed by atoms with Crippen LogP contribution in [-0.2, 0) is 23.9 Å². The summed E-state index contributed by atoms with van der Waals surface area (Å²) in [5, 5.41) is 12.8. The SMILES string of the molecule is CCC(COC)(NC(=O)OCC1c2ccccc2-c2ccccc21)C(=O)N1NC(=O)CC1C(=O)O. The van der Waals surface area contributed by atoms with Gasteiger partial charge in [-0.25, -0.2) is 14.6 Å². The van der Waals surface area contributed by atoms with Gasteiger partial charge in [-0.2, -0.15) is 0 Å². The minimum absolute atomic E-state index is 0.0407. The fourth-order valence-corrected chi connectivity index (χ4v) is 4.71. The third kappa shape index (κ3) is 4.44. The van der Waals surface area contributed by atoms with Gasteiger partial charge in [0.15, 0.2) is 6.04 Å². The van der Waals surface area contributed by atoms with Gasteiger partial charge in [0.1, 0.15) is 12.1 Å². The molecule has 10 heteroatoms. The zero-order valence-electron chi connectivity index (χ0n) is 19.4. The molecule has 0 saturated carbocycles. The Bertz CT molecular complexity index is 1120. The number of carboxylic acids is 1. The van der Waals surface area contributed by atoms with Crippen molar-refractivity contribution in [2.24, 2.45) is 0 Å². The van der Waals surface area contributed by atoms with Crippen molar-refractivity contribution in [3.8, 4) is 11.1 Å². The summed E-state index contributed by atoms with van der Waals surface area (Å²) < 4.78 is 10.8. The van der Waals surface area contributed by atoms with E-state index >= 15 is 0 Å². The molecular weight excluding hydrogens is 454 g/mol. The lowest BCUT2D eigenvalue weighted by atomic mass is 9.95. The molecule has 2 aliphatic rings. The molecule has 35 heavy (non-hydrogen) atoms. The van der Waals surface area contributed by atoms with E-state index in [4.69, 9.17) is 9.47 Å². The molecule has 3 amide bonds. The number of amides is 3. The molecule has 1 heterocycles. The van der Waals surface area contributed by atoms with Crippen LogP contribution in [0.5, 0.6) is 0 Å². The second-order valence-corrected chi connectivity index (χ2v) is 8.59. The van der Waals surface area contributed by atoms with Crippen LogP contribution in [0.25, 0.3) is 11.1 Å². The second kappa shape index (κ2) is 9.75. The fraction of sp³-hybridized carbons (Fsp3) is 0.360. The smallest absolute Gasteiger partial charge is 0.408 e. The normalized spacial score (nSPS) is 18.3. The summed E-state index contributed by atoms with van der Waals surface area (Å²) in [6.07, 6.45) is -1.15. The third-order valence-corrected chi connectivity index (χ3v) is 6.53. The molecule has 2 aromatic carbocycles. The molecule has 184 valence electrons. The lowest BCUT2D eigenvalue weighted by molar-refractivity contribution is -0.155. The first-order chi connectivity index (χ1) is 16.8. The molecule has 0 spiro atoms. The van der Waals surface area contributed by atoms with Crippen molar-refractivity contribution in [1.82, 2.24) is 15.8 Å². The van der Waals surface area contributed by atoms with Gasteiger partial charge in [-0.1, -0.05) is 55.5 Å². The molecule has 2 atom stereocenters. The molecule has 10 nitrogen and oxygen atoms in total. The summed E-state index contributed by atoms with van der Waals surface area (Å²) in [5.74, 6) is -2.90. The number of nitrogens with one attached hydrogen (secondary N) is 2. The van der Waals surface area contributed by atoms with E-state index in [1.807, 2.05) is 48.5 Å². The maximum Gasteiger partial charge on any atom is 0.408 e. The molecule has 1 fully saturated rings. The number of rotatable bonds is 8. The minimum atomic E-state index is -1.64. The highest BCUT2D eigenvalue weighted by Crippen LogP contribution is 2.44. The van der Waals surface area contributed by atoms with Gasteiger partial charge in [-0.3, -0.25) is 15.0 Å². The summed E-state index contributed by atoms with van der Waals surface area (Å²) in [5.41, 5.74) is 4.88. The largest absolute Gasteiger partial charge is 0.480 e. The molecular formula is C25H27N3O7. The number of fused-ring (bicyclic) bond motifs is 3. The lowest BCUT2D eigenvalue weighted by Gasteiger charge is -2.35. The summed E-state index contributed by atoms with van der Waals surface area (Å²) in [7, 11) is 1.36. The quantitative estimate of drug-likeness (QED) is 0.525. The van der Waals surface area contributed by atoms with Crippen LogP contribution in [0, 0.1) is 0 Å². The number of alkyl carbamates (subject to hydrolysis) is 1. The van der Waals surface area contributed by atoms with E-state index in [0.717, 1.165) is 27.3 Å². The first kappa shape index (κ1) is 24.2. The number of aliphatic carboxylic acids is 1. The first-order valence-electron chi connectivity index (χ1n) is 11.3. The van der Waals surface area contributed by atoms with Crippen LogP contribution in [0.1, 0.15) is 36.8 Å². The molecule has 2 unspecified atom stereocenters. The van der Waals surface area contributed by atoms with Gasteiger partial charge >= 0.3 is 12.1 Å². The number of hydrogen-bond donors (Lipinski definition) is 3. The van der Waals surface area contributed by atoms with Gasteiger partial charge in [0, 0.05) is 13.0 Å². The maximum absolute atomic E-state index is 13.4. The number of hydrazine groups is 1. The number of ether oxygens (including phenoxy) is 2. The van der Waals surface area contributed by atoms with E-state index in [1.54, 1.807) is 6.92 Å². The van der Waals surface area contributed by atoms with Crippen LogP contribution in [0.15, 0.2) is 48.5 Å². The molecule has 1 aliphatic carbocycles. The van der Waals surface area contributed by atoms with Crippen molar-refractivity contribution < 1.29 is 33.8 Å². The number of methoxy groups -OCH3 is 1. The van der Waals surface area contributed by atoms with E-state index < -0.39 is 35.5 Å². The van der Waals surface area contributed by atoms with Gasteiger partial charge in [0.2, 0.25) is 5.91 Å². The van der Waals surface area contributed by atoms with Gasteiger partial charge in [-0.05, 0) is 28.7 Å². The standard InChI is InChI=1S/C25H27N3O7/c1-3-25(14-34-2,23(32)28-20(22(30)31)12-21(29)27-28)26-24(33)35-13-19-17-10-6-4-8-15(17)16-9-5-7-11-18(16)19/h4-11,19-20H,3,12-14H2,1-2H3,(H,26,33)(H,27,29)(H,30,31). The number of hydrogen-bond acceptors (Lipinski definition) is 6. The Morgan fingerprint density at radius 1 is 1.11 bits per heavy atom. The Morgan fingerprint density at radius 3 is 2.26 bits per heavy atom. The summed E-state index contributed by atoms with van der Waals surface area (Å²) >= 11 is 0. The van der Waals surface area contributed by atoms with Crippen molar-refractivity contribution >= 4 is 23.9 Å². The molecule has 0 radical (unpaired) electrons. The van der Waals surface area contributed by atoms with E-state index in [2.05, 4.69) is 10.7 Å². The Kier molecular flexibility index (Phi) is 6.74. The number of nitrogens with zero attached hydrogens (tertiary/aromatic N) is 1. The molecule has 0 bridgehead atoms. The summed E-state index contributed by atoms with van der Waals surface area (Å²) in [4.78, 5) is 49.7. The van der Waals surface area contributed by atoms with E-state index in [0.29, 0.717) is 0 Å². The zero-order valence-corrected chi connectivity index (χ0v) is 19.4. The van der Waals surface area contributed by atoms with Crippen molar-refractivity contribution in [3.05, 3.63) is 59.7 Å². The Labute approximate surface area is 202 Å². The Balaban J connectivity index is 1.51. The molecule has 2 aromatic rings. The van der Waals surface area contributed by atoms with E-state index in [1.165, 1.54) is 7.11 Å². The zero-order chi connectivity index (χ0) is 25.2. The average molecular weight is 482 g/mol. The van der Waals surface area contributed by atoms with Crippen LogP contribution in [-0.4, -0.2) is 65.9 Å². The predicted octanol–water partition coefficient (Wildman–Crippen LogP) is 2.04. The summed E-state index contributed by atoms with van der Waals surface area (Å²) in [6.45, 7) is 1.44. The topological polar surface area (TPSA) is 134 Å². The van der Waals surface area contributed by atoms with Crippen molar-refractivity contribution in [2.75, 3.05) is 20.3 Å². The molecule has 1 aliphatic heterocycles. The van der Waals surface area contributed by atoms with Gasteiger partial charge < -0.3 is 19.9 Å². The lowest BCUT2D eigenvalue weighted by Crippen LogP contribution is -2.65. The fourth-order valence-electron chi connectivity index (χ4n) is 4.71. The van der Waals surface area contributed by atoms with Gasteiger partial charge in [0.25, 0.3) is 5.91 Å². The molecule has 3 N–H and O–H groups in total. The molecule has 4 rings (SSSR count). The Morgan fingerprint density at radius 2 is 1.71 bits per heavy atom. The van der Waals surface area contributed by atoms with Crippen molar-refractivity contribution in [1.29, 1.82) is 0 Å². The van der Waals surface area contributed by atoms with Crippen LogP contribution >= 0.6 is 0 Å². The average Bonchev–Trinajstić information content (AvgIpc) is 3.40. The van der Waals surface area contributed by atoms with Gasteiger partial charge in [0.05, 0.1) is 13.0 Å². The highest BCUT2D eigenvalue weighted by Gasteiger charge is 2.49. The first-order valence-corrected chi connectivity index (χ1v) is 11.3. The van der Waals surface area contributed by atoms with Crippen LogP contribution < -0.4 is 10.7 Å². The van der Waals surface area contributed by atoms with Crippen LogP contribution in [0.3, 0.4) is 0 Å². The Hall–Kier alpha value is -3.92. The van der Waals surface area contributed by atoms with Crippen LogP contribution in [0.4, 0.5) is 4.79 Å². The molecule has 0 aromatic heterocycles. The number of carbonyl (C=O) groups excluding carboxylic acids is 3. The van der Waals surface area contributed by atoms with Crippen LogP contribution in [0.2, 0.25) is 0 Å². The van der Waals surface area contributed by atoms with Crippen molar-refractivity contribution in [2.45, 2.75) is 37.3 Å². The monoisotopic (exact) mass is 481 g/mol. The van der Waals surface area contributed by atoms with Gasteiger partial charge in [-0.15, -0.1) is 0 Å². The van der Waals surface area contributed by atoms with Crippen molar-refractivity contribution in [3.63, 3.8) is 0 Å². The highest BCUT2D eigenvalue weighted by molar-refractivity contribution is 5.98. The third-order valence-electron chi connectivity index (χ3n) is 6.53.